The van der Waals surface area contributed by atoms with E-state index in [0.717, 1.165) is 39.0 Å². The summed E-state index contributed by atoms with van der Waals surface area (Å²) in [4.78, 5) is 0. The van der Waals surface area contributed by atoms with Gasteiger partial charge >= 0.3 is 0 Å². The van der Waals surface area contributed by atoms with Crippen LogP contribution in [0.1, 0.15) is 19.8 Å². The smallest absolute Gasteiger partial charge is 0.214 e. The summed E-state index contributed by atoms with van der Waals surface area (Å²) in [7, 11) is -2.96. The monoisotopic (exact) mass is 232 g/mol. The zero-order valence-electron chi connectivity index (χ0n) is 9.28. The van der Waals surface area contributed by atoms with Gasteiger partial charge in [-0.1, -0.05) is 13.3 Å². The molecule has 2 aliphatic rings. The van der Waals surface area contributed by atoms with E-state index >= 15 is 0 Å². The summed E-state index contributed by atoms with van der Waals surface area (Å²) in [5, 5.41) is 3.32. The first-order valence-electron chi connectivity index (χ1n) is 5.82. The molecule has 0 aromatic rings. The molecule has 2 atom stereocenters. The summed E-state index contributed by atoms with van der Waals surface area (Å²) < 4.78 is 25.6. The molecule has 2 aliphatic heterocycles. The predicted octanol–water partition coefficient (Wildman–Crippen LogP) is 0.268. The van der Waals surface area contributed by atoms with Gasteiger partial charge in [-0.25, -0.2) is 12.7 Å². The summed E-state index contributed by atoms with van der Waals surface area (Å²) in [5.74, 6) is 1.44. The molecule has 0 amide bonds. The highest BCUT2D eigenvalue weighted by atomic mass is 32.2. The number of hydrogen-bond acceptors (Lipinski definition) is 3. The highest BCUT2D eigenvalue weighted by Gasteiger charge is 2.40. The summed E-state index contributed by atoms with van der Waals surface area (Å²) >= 11 is 0. The lowest BCUT2D eigenvalue weighted by molar-refractivity contribution is 0.446. The first-order chi connectivity index (χ1) is 7.13. The Morgan fingerprint density at radius 2 is 1.87 bits per heavy atom. The number of unbranched alkanes of at least 4 members (excludes halogenated alkanes) is 1. The van der Waals surface area contributed by atoms with E-state index in [2.05, 4.69) is 5.32 Å². The van der Waals surface area contributed by atoms with Crippen molar-refractivity contribution in [3.05, 3.63) is 0 Å². The van der Waals surface area contributed by atoms with E-state index in [0.29, 0.717) is 17.6 Å². The van der Waals surface area contributed by atoms with Gasteiger partial charge in [0.1, 0.15) is 0 Å². The lowest BCUT2D eigenvalue weighted by Gasteiger charge is -2.16. The number of rotatable bonds is 4. The van der Waals surface area contributed by atoms with E-state index in [-0.39, 0.29) is 0 Å². The Morgan fingerprint density at radius 1 is 1.27 bits per heavy atom. The third-order valence-corrected chi connectivity index (χ3v) is 5.39. The van der Waals surface area contributed by atoms with Gasteiger partial charge in [-0.3, -0.25) is 0 Å². The number of nitrogens with one attached hydrogen (secondary N) is 1. The number of hydrogen-bond donors (Lipinski definition) is 1. The van der Waals surface area contributed by atoms with E-state index in [4.69, 9.17) is 0 Å². The molecular formula is C10H20N2O2S. The van der Waals surface area contributed by atoms with E-state index in [9.17, 15) is 8.42 Å². The summed E-state index contributed by atoms with van der Waals surface area (Å²) in [5.41, 5.74) is 0. The van der Waals surface area contributed by atoms with E-state index < -0.39 is 10.0 Å². The van der Waals surface area contributed by atoms with Crippen molar-refractivity contribution >= 4 is 10.0 Å². The second kappa shape index (κ2) is 4.39. The molecule has 4 nitrogen and oxygen atoms in total. The van der Waals surface area contributed by atoms with Gasteiger partial charge in [-0.15, -0.1) is 0 Å². The summed E-state index contributed by atoms with van der Waals surface area (Å²) in [6, 6.07) is 0. The zero-order chi connectivity index (χ0) is 10.9. The minimum absolute atomic E-state index is 0.330. The zero-order valence-corrected chi connectivity index (χ0v) is 10.1. The van der Waals surface area contributed by atoms with Gasteiger partial charge in [-0.05, 0) is 31.3 Å². The van der Waals surface area contributed by atoms with E-state index in [1.807, 2.05) is 6.92 Å². The van der Waals surface area contributed by atoms with Crippen molar-refractivity contribution in [3.63, 3.8) is 0 Å². The van der Waals surface area contributed by atoms with Crippen LogP contribution in [0.25, 0.3) is 0 Å². The third kappa shape index (κ3) is 2.34. The van der Waals surface area contributed by atoms with Gasteiger partial charge in [0.25, 0.3) is 0 Å². The molecule has 1 N–H and O–H groups in total. The molecule has 0 aliphatic carbocycles. The quantitative estimate of drug-likeness (QED) is 0.757. The van der Waals surface area contributed by atoms with Crippen LogP contribution in [0.3, 0.4) is 0 Å². The normalized spacial score (nSPS) is 32.1. The van der Waals surface area contributed by atoms with E-state index in [1.54, 1.807) is 4.31 Å². The van der Waals surface area contributed by atoms with Crippen molar-refractivity contribution < 1.29 is 8.42 Å². The average molecular weight is 232 g/mol. The lowest BCUT2D eigenvalue weighted by Crippen LogP contribution is -2.33. The molecule has 0 spiro atoms. The maximum atomic E-state index is 11.9. The van der Waals surface area contributed by atoms with Crippen LogP contribution in [0, 0.1) is 11.8 Å². The van der Waals surface area contributed by atoms with Gasteiger partial charge in [0.2, 0.25) is 10.0 Å². The summed E-state index contributed by atoms with van der Waals surface area (Å²) in [6.45, 7) is 5.49. The second-order valence-electron chi connectivity index (χ2n) is 4.66. The van der Waals surface area contributed by atoms with Crippen LogP contribution >= 0.6 is 0 Å². The Balaban J connectivity index is 1.95. The first kappa shape index (κ1) is 11.4. The second-order valence-corrected chi connectivity index (χ2v) is 6.75. The molecule has 0 bridgehead atoms. The fraction of sp³-hybridized carbons (Fsp3) is 1.00. The fourth-order valence-electron chi connectivity index (χ4n) is 2.50. The Labute approximate surface area is 92.1 Å². The Hall–Kier alpha value is -0.130. The number of nitrogens with zero attached hydrogens (tertiary/aromatic N) is 1. The van der Waals surface area contributed by atoms with Gasteiger partial charge in [0.15, 0.2) is 0 Å². The van der Waals surface area contributed by atoms with Crippen LogP contribution in [0.2, 0.25) is 0 Å². The lowest BCUT2D eigenvalue weighted by atomic mass is 10.0. The van der Waals surface area contributed by atoms with Gasteiger partial charge in [0, 0.05) is 13.1 Å². The van der Waals surface area contributed by atoms with Crippen LogP contribution in [0.5, 0.6) is 0 Å². The van der Waals surface area contributed by atoms with Crippen LogP contribution in [-0.2, 0) is 10.0 Å². The maximum Gasteiger partial charge on any atom is 0.214 e. The molecule has 88 valence electrons. The molecule has 0 saturated carbocycles. The first-order valence-corrected chi connectivity index (χ1v) is 7.43. The standard InChI is InChI=1S/C10H20N2O2S/c1-2-3-4-15(13,14)12-7-9-5-11-6-10(9)8-12/h9-11H,2-8H2,1H3/t9-,10-/m1/s1. The molecule has 2 rings (SSSR count). The van der Waals surface area contributed by atoms with E-state index in [1.165, 1.54) is 0 Å². The maximum absolute atomic E-state index is 11.9. The van der Waals surface area contributed by atoms with Crippen molar-refractivity contribution in [2.24, 2.45) is 11.8 Å². The summed E-state index contributed by atoms with van der Waals surface area (Å²) in [6.07, 6.45) is 1.73. The highest BCUT2D eigenvalue weighted by molar-refractivity contribution is 7.89. The minimum atomic E-state index is -2.96. The van der Waals surface area contributed by atoms with Crippen LogP contribution in [0.15, 0.2) is 0 Å². The molecule has 0 unspecified atom stereocenters. The molecule has 0 aromatic heterocycles. The van der Waals surface area contributed by atoms with Crippen molar-refractivity contribution in [2.75, 3.05) is 31.9 Å². The molecule has 0 radical (unpaired) electrons. The van der Waals surface area contributed by atoms with Gasteiger partial charge in [-0.2, -0.15) is 0 Å². The molecule has 2 heterocycles. The number of sulfonamides is 1. The SMILES string of the molecule is CCCCS(=O)(=O)N1C[C@H]2CNC[C@@H]2C1. The van der Waals surface area contributed by atoms with Crippen LogP contribution in [0.4, 0.5) is 0 Å². The Bertz CT molecular complexity index is 303. The van der Waals surface area contributed by atoms with Crippen molar-refractivity contribution in [3.8, 4) is 0 Å². The topological polar surface area (TPSA) is 49.4 Å². The molecule has 5 heteroatoms. The molecular weight excluding hydrogens is 212 g/mol. The van der Waals surface area contributed by atoms with Crippen LogP contribution < -0.4 is 5.32 Å². The Morgan fingerprint density at radius 3 is 2.40 bits per heavy atom. The largest absolute Gasteiger partial charge is 0.316 e. The van der Waals surface area contributed by atoms with Crippen molar-refractivity contribution in [1.82, 2.24) is 9.62 Å². The number of fused-ring (bicyclic) bond motifs is 1. The van der Waals surface area contributed by atoms with Crippen LogP contribution in [-0.4, -0.2) is 44.7 Å². The minimum Gasteiger partial charge on any atom is -0.316 e. The third-order valence-electron chi connectivity index (χ3n) is 3.51. The Kier molecular flexibility index (Phi) is 3.33. The highest BCUT2D eigenvalue weighted by Crippen LogP contribution is 2.28. The fourth-order valence-corrected chi connectivity index (χ4v) is 4.24. The van der Waals surface area contributed by atoms with Crippen molar-refractivity contribution in [1.29, 1.82) is 0 Å². The average Bonchev–Trinajstić information content (AvgIpc) is 2.73. The van der Waals surface area contributed by atoms with Gasteiger partial charge in [0.05, 0.1) is 5.75 Å². The molecule has 15 heavy (non-hydrogen) atoms. The van der Waals surface area contributed by atoms with Crippen molar-refractivity contribution in [2.45, 2.75) is 19.8 Å². The molecule has 2 saturated heterocycles. The van der Waals surface area contributed by atoms with Gasteiger partial charge < -0.3 is 5.32 Å². The molecule has 0 aromatic carbocycles. The predicted molar refractivity (Wildman–Crippen MR) is 60.1 cm³/mol. The molecule has 2 fully saturated rings.